The lowest BCUT2D eigenvalue weighted by molar-refractivity contribution is -0.133. The van der Waals surface area contributed by atoms with E-state index in [0.717, 1.165) is 110 Å². The first-order valence-corrected chi connectivity index (χ1v) is 19.6. The standard InChI is InChI=1S/C46H48N6O2/c53-43(19-7-15-33-11-3-1-4-12-33)51-29-9-17-41(51)45-47-31-39(49-45)37-25-21-35(22-26-37)36-23-27-38(28-24-36)40-32-48-46(50-40)42-18-10-30-52(42)44(54)20-8-16-34-13-5-2-6-14-34/h1-6,11-14,21-28,31-32,41-42H,7-10,15-20,29-30H2,(H,47,49)(H,48,50)/t41-,42?/m0/s1. The van der Waals surface area contributed by atoms with Crippen molar-refractivity contribution in [3.8, 4) is 33.6 Å². The van der Waals surface area contributed by atoms with Gasteiger partial charge in [-0.1, -0.05) is 109 Å². The zero-order valence-corrected chi connectivity index (χ0v) is 30.8. The van der Waals surface area contributed by atoms with E-state index in [9.17, 15) is 9.59 Å². The lowest BCUT2D eigenvalue weighted by Gasteiger charge is -2.23. The highest BCUT2D eigenvalue weighted by molar-refractivity contribution is 5.78. The molecule has 2 aliphatic heterocycles. The van der Waals surface area contributed by atoms with E-state index >= 15 is 0 Å². The fourth-order valence-corrected chi connectivity index (χ4v) is 8.15. The summed E-state index contributed by atoms with van der Waals surface area (Å²) in [6, 6.07) is 37.8. The number of aromatic amines is 2. The molecule has 2 aromatic heterocycles. The van der Waals surface area contributed by atoms with Crippen LogP contribution in [0.5, 0.6) is 0 Å². The number of benzene rings is 4. The SMILES string of the molecule is O=C(CCCc1ccccc1)N1CCCC1c1ncc(-c2ccc(-c3ccc(-c4cnc([C@@H]5CCCN5C(=O)CCCc5ccccc5)[nH]4)cc3)cc2)[nH]1. The highest BCUT2D eigenvalue weighted by Crippen LogP contribution is 2.35. The van der Waals surface area contributed by atoms with E-state index in [0.29, 0.717) is 12.8 Å². The molecule has 6 aromatic rings. The molecule has 0 saturated carbocycles. The Morgan fingerprint density at radius 1 is 0.537 bits per heavy atom. The highest BCUT2D eigenvalue weighted by atomic mass is 16.2. The van der Waals surface area contributed by atoms with E-state index in [1.165, 1.54) is 11.1 Å². The number of hydrogen-bond acceptors (Lipinski definition) is 4. The van der Waals surface area contributed by atoms with Crippen LogP contribution >= 0.6 is 0 Å². The third-order valence-electron chi connectivity index (χ3n) is 11.1. The topological polar surface area (TPSA) is 98.0 Å². The number of rotatable bonds is 13. The Kier molecular flexibility index (Phi) is 10.8. The zero-order valence-electron chi connectivity index (χ0n) is 30.8. The number of likely N-dealkylation sites (tertiary alicyclic amines) is 2. The summed E-state index contributed by atoms with van der Waals surface area (Å²) in [6.07, 6.45) is 12.3. The van der Waals surface area contributed by atoms with Crippen LogP contribution in [0.2, 0.25) is 0 Å². The van der Waals surface area contributed by atoms with Crippen molar-refractivity contribution in [3.63, 3.8) is 0 Å². The Morgan fingerprint density at radius 3 is 1.33 bits per heavy atom. The van der Waals surface area contributed by atoms with E-state index < -0.39 is 0 Å². The van der Waals surface area contributed by atoms with Crippen molar-refractivity contribution in [1.29, 1.82) is 0 Å². The van der Waals surface area contributed by atoms with Gasteiger partial charge in [0.05, 0.1) is 35.9 Å². The van der Waals surface area contributed by atoms with E-state index in [-0.39, 0.29) is 23.9 Å². The molecular weight excluding hydrogens is 669 g/mol. The van der Waals surface area contributed by atoms with E-state index in [2.05, 4.69) is 107 Å². The van der Waals surface area contributed by atoms with E-state index in [1.807, 2.05) is 34.3 Å². The van der Waals surface area contributed by atoms with Gasteiger partial charge < -0.3 is 19.8 Å². The third kappa shape index (κ3) is 8.08. The first-order valence-electron chi connectivity index (χ1n) is 19.6. The first kappa shape index (κ1) is 35.3. The van der Waals surface area contributed by atoms with Crippen LogP contribution in [0, 0.1) is 0 Å². The summed E-state index contributed by atoms with van der Waals surface area (Å²) in [7, 11) is 0. The molecule has 2 aliphatic rings. The van der Waals surface area contributed by atoms with Gasteiger partial charge in [0.15, 0.2) is 0 Å². The molecule has 4 aromatic carbocycles. The molecular formula is C46H48N6O2. The molecule has 0 spiro atoms. The lowest BCUT2D eigenvalue weighted by Crippen LogP contribution is -2.31. The van der Waals surface area contributed by atoms with Crippen molar-refractivity contribution >= 4 is 11.8 Å². The van der Waals surface area contributed by atoms with Gasteiger partial charge in [-0.2, -0.15) is 0 Å². The van der Waals surface area contributed by atoms with Gasteiger partial charge in [0, 0.05) is 25.9 Å². The molecule has 0 bridgehead atoms. The molecule has 0 radical (unpaired) electrons. The average Bonchev–Trinajstić information content (AvgIpc) is 4.06. The molecule has 2 amide bonds. The molecule has 8 rings (SSSR count). The van der Waals surface area contributed by atoms with Gasteiger partial charge >= 0.3 is 0 Å². The number of carbonyl (C=O) groups excluding carboxylic acids is 2. The molecule has 8 nitrogen and oxygen atoms in total. The molecule has 2 atom stereocenters. The van der Waals surface area contributed by atoms with Gasteiger partial charge in [0.25, 0.3) is 0 Å². The summed E-state index contributed by atoms with van der Waals surface area (Å²) in [4.78, 5) is 47.0. The number of carbonyl (C=O) groups is 2. The Labute approximate surface area is 317 Å². The molecule has 1 unspecified atom stereocenters. The third-order valence-corrected chi connectivity index (χ3v) is 11.1. The summed E-state index contributed by atoms with van der Waals surface area (Å²) < 4.78 is 0. The molecule has 2 N–H and O–H groups in total. The number of imidazole rings is 2. The lowest BCUT2D eigenvalue weighted by atomic mass is 10.0. The summed E-state index contributed by atoms with van der Waals surface area (Å²) in [5, 5.41) is 0. The maximum Gasteiger partial charge on any atom is 0.223 e. The molecule has 54 heavy (non-hydrogen) atoms. The zero-order chi connectivity index (χ0) is 36.7. The second-order valence-electron chi connectivity index (χ2n) is 14.7. The number of amides is 2. The summed E-state index contributed by atoms with van der Waals surface area (Å²) >= 11 is 0. The number of aromatic nitrogens is 4. The molecule has 8 heteroatoms. The van der Waals surface area contributed by atoms with Crippen LogP contribution in [0.15, 0.2) is 122 Å². The predicted molar refractivity (Wildman–Crippen MR) is 213 cm³/mol. The van der Waals surface area contributed by atoms with Gasteiger partial charge in [-0.25, -0.2) is 9.97 Å². The molecule has 2 saturated heterocycles. The van der Waals surface area contributed by atoms with Gasteiger partial charge in [-0.05, 0) is 84.7 Å². The summed E-state index contributed by atoms with van der Waals surface area (Å²) in [6.45, 7) is 1.58. The minimum absolute atomic E-state index is 0.00136. The second kappa shape index (κ2) is 16.5. The van der Waals surface area contributed by atoms with Crippen LogP contribution < -0.4 is 0 Å². The van der Waals surface area contributed by atoms with Crippen LogP contribution in [0.4, 0.5) is 0 Å². The van der Waals surface area contributed by atoms with Gasteiger partial charge in [0.2, 0.25) is 11.8 Å². The number of nitrogens with zero attached hydrogens (tertiary/aromatic N) is 4. The second-order valence-corrected chi connectivity index (χ2v) is 14.7. The summed E-state index contributed by atoms with van der Waals surface area (Å²) in [5.74, 6) is 2.16. The highest BCUT2D eigenvalue weighted by Gasteiger charge is 2.33. The van der Waals surface area contributed by atoms with Crippen LogP contribution in [0.1, 0.15) is 86.2 Å². The van der Waals surface area contributed by atoms with Crippen molar-refractivity contribution in [3.05, 3.63) is 144 Å². The van der Waals surface area contributed by atoms with Gasteiger partial charge in [0.1, 0.15) is 11.6 Å². The fourth-order valence-electron chi connectivity index (χ4n) is 8.15. The number of nitrogens with one attached hydrogen (secondary N) is 2. The number of H-pyrrole nitrogens is 2. The molecule has 4 heterocycles. The van der Waals surface area contributed by atoms with Gasteiger partial charge in [-0.3, -0.25) is 9.59 Å². The largest absolute Gasteiger partial charge is 0.340 e. The molecule has 274 valence electrons. The maximum absolute atomic E-state index is 13.2. The Hall–Kier alpha value is -5.76. The number of hydrogen-bond donors (Lipinski definition) is 2. The monoisotopic (exact) mass is 716 g/mol. The van der Waals surface area contributed by atoms with Crippen molar-refractivity contribution in [1.82, 2.24) is 29.7 Å². The van der Waals surface area contributed by atoms with Crippen molar-refractivity contribution in [2.75, 3.05) is 13.1 Å². The summed E-state index contributed by atoms with van der Waals surface area (Å²) in [5.41, 5.74) is 8.86. The first-order chi connectivity index (χ1) is 26.6. The quantitative estimate of drug-likeness (QED) is 0.124. The predicted octanol–water partition coefficient (Wildman–Crippen LogP) is 9.51. The molecule has 2 fully saturated rings. The van der Waals surface area contributed by atoms with Crippen LogP contribution in [0.3, 0.4) is 0 Å². The minimum Gasteiger partial charge on any atom is -0.340 e. The smallest absolute Gasteiger partial charge is 0.223 e. The Bertz CT molecular complexity index is 1980. The van der Waals surface area contributed by atoms with Crippen molar-refractivity contribution in [2.24, 2.45) is 0 Å². The van der Waals surface area contributed by atoms with E-state index in [4.69, 9.17) is 9.97 Å². The fraction of sp³-hybridized carbons (Fsp3) is 0.304. The maximum atomic E-state index is 13.2. The van der Waals surface area contributed by atoms with E-state index in [1.54, 1.807) is 0 Å². The Balaban J connectivity index is 0.859. The molecule has 0 aliphatic carbocycles. The minimum atomic E-state index is 0.00136. The van der Waals surface area contributed by atoms with Crippen LogP contribution in [-0.4, -0.2) is 54.6 Å². The van der Waals surface area contributed by atoms with Gasteiger partial charge in [-0.15, -0.1) is 0 Å². The van der Waals surface area contributed by atoms with Crippen molar-refractivity contribution in [2.45, 2.75) is 76.3 Å². The Morgan fingerprint density at radius 2 is 0.926 bits per heavy atom. The van der Waals surface area contributed by atoms with Crippen LogP contribution in [0.25, 0.3) is 33.6 Å². The number of aryl methyl sites for hydroxylation is 2. The average molecular weight is 717 g/mol. The normalized spacial score (nSPS) is 17.0. The van der Waals surface area contributed by atoms with Crippen LogP contribution in [-0.2, 0) is 22.4 Å². The van der Waals surface area contributed by atoms with Crippen molar-refractivity contribution < 1.29 is 9.59 Å².